The Balaban J connectivity index is 2.02. The van der Waals surface area contributed by atoms with Gasteiger partial charge in [-0.2, -0.15) is 0 Å². The number of nitrogens with one attached hydrogen (secondary N) is 4. The molecule has 34 heavy (non-hydrogen) atoms. The summed E-state index contributed by atoms with van der Waals surface area (Å²) >= 11 is 0. The van der Waals surface area contributed by atoms with Crippen LogP contribution >= 0.6 is 0 Å². The predicted octanol–water partition coefficient (Wildman–Crippen LogP) is 0.672. The molecule has 0 fully saturated rings. The highest BCUT2D eigenvalue weighted by Crippen LogP contribution is 2.29. The second-order valence-corrected chi connectivity index (χ2v) is 7.88. The van der Waals surface area contributed by atoms with Gasteiger partial charge in [-0.1, -0.05) is 44.9 Å². The molecule has 0 radical (unpaired) electrons. The molecule has 1 heterocycles. The lowest BCUT2D eigenvalue weighted by Crippen LogP contribution is -2.50. The minimum Gasteiger partial charge on any atom is -0.468 e. The van der Waals surface area contributed by atoms with Crippen molar-refractivity contribution in [1.82, 2.24) is 21.3 Å². The Morgan fingerprint density at radius 2 is 1.76 bits per heavy atom. The topological polar surface area (TPSA) is 143 Å². The van der Waals surface area contributed by atoms with Crippen LogP contribution in [0, 0.1) is 0 Å². The van der Waals surface area contributed by atoms with Gasteiger partial charge in [-0.25, -0.2) is 0 Å². The first-order chi connectivity index (χ1) is 16.3. The lowest BCUT2D eigenvalue weighted by Gasteiger charge is -2.28. The second kappa shape index (κ2) is 13.1. The number of benzene rings is 1. The average molecular weight is 473 g/mol. The molecule has 184 valence electrons. The number of fused-ring (bicyclic) bond motifs is 1. The van der Waals surface area contributed by atoms with Gasteiger partial charge >= 0.3 is 5.97 Å². The fourth-order valence-corrected chi connectivity index (χ4v) is 3.65. The minimum absolute atomic E-state index is 0.182. The van der Waals surface area contributed by atoms with Crippen molar-refractivity contribution in [3.05, 3.63) is 41.5 Å². The quantitative estimate of drug-likeness (QED) is 0.275. The van der Waals surface area contributed by atoms with E-state index in [1.807, 2.05) is 13.8 Å². The van der Waals surface area contributed by atoms with E-state index in [9.17, 15) is 24.0 Å². The van der Waals surface area contributed by atoms with Crippen LogP contribution < -0.4 is 21.3 Å². The van der Waals surface area contributed by atoms with Gasteiger partial charge in [-0.3, -0.25) is 24.0 Å². The van der Waals surface area contributed by atoms with Crippen LogP contribution in [0.4, 0.5) is 0 Å². The molecule has 0 spiro atoms. The molecule has 4 amide bonds. The zero-order valence-corrected chi connectivity index (χ0v) is 19.7. The number of ether oxygens (including phenoxy) is 1. The predicted molar refractivity (Wildman–Crippen MR) is 125 cm³/mol. The van der Waals surface area contributed by atoms with E-state index in [0.717, 1.165) is 6.42 Å². The summed E-state index contributed by atoms with van der Waals surface area (Å²) in [5, 5.41) is 10.4. The first kappa shape index (κ1) is 26.6. The number of hydrogen-bond acceptors (Lipinski definition) is 6. The maximum absolute atomic E-state index is 12.6. The molecule has 1 aliphatic heterocycles. The number of carbonyl (C=O) groups is 5. The third-order valence-electron chi connectivity index (χ3n) is 5.31. The molecule has 2 atom stereocenters. The van der Waals surface area contributed by atoms with Crippen LogP contribution in [-0.2, 0) is 23.9 Å². The van der Waals surface area contributed by atoms with Crippen LogP contribution in [0.25, 0.3) is 5.57 Å². The Kier molecular flexibility index (Phi) is 10.3. The molecular weight excluding hydrogens is 440 g/mol. The van der Waals surface area contributed by atoms with E-state index < -0.39 is 29.7 Å². The van der Waals surface area contributed by atoms with Crippen molar-refractivity contribution in [3.63, 3.8) is 0 Å². The Bertz CT molecular complexity index is 959. The minimum atomic E-state index is -0.841. The summed E-state index contributed by atoms with van der Waals surface area (Å²) in [4.78, 5) is 60.8. The maximum Gasteiger partial charge on any atom is 0.325 e. The summed E-state index contributed by atoms with van der Waals surface area (Å²) in [5.41, 5.74) is 1.86. The van der Waals surface area contributed by atoms with Crippen LogP contribution in [0.3, 0.4) is 0 Å². The van der Waals surface area contributed by atoms with Gasteiger partial charge in [0.1, 0.15) is 12.6 Å². The van der Waals surface area contributed by atoms with Crippen molar-refractivity contribution in [2.24, 2.45) is 0 Å². The summed E-state index contributed by atoms with van der Waals surface area (Å²) in [6.07, 6.45) is 3.87. The van der Waals surface area contributed by atoms with Crippen molar-refractivity contribution in [3.8, 4) is 0 Å². The van der Waals surface area contributed by atoms with Gasteiger partial charge in [0.25, 0.3) is 5.91 Å². The fourth-order valence-electron chi connectivity index (χ4n) is 3.65. The van der Waals surface area contributed by atoms with Gasteiger partial charge in [0, 0.05) is 11.6 Å². The third kappa shape index (κ3) is 7.43. The first-order valence-corrected chi connectivity index (χ1v) is 11.3. The lowest BCUT2D eigenvalue weighted by atomic mass is 9.87. The Hall–Kier alpha value is -3.69. The van der Waals surface area contributed by atoms with Crippen molar-refractivity contribution in [2.75, 3.05) is 20.2 Å². The summed E-state index contributed by atoms with van der Waals surface area (Å²) in [6, 6.07) is 5.91. The molecule has 10 nitrogen and oxygen atoms in total. The molecule has 0 aliphatic carbocycles. The van der Waals surface area contributed by atoms with Crippen LogP contribution in [-0.4, -0.2) is 61.9 Å². The summed E-state index contributed by atoms with van der Waals surface area (Å²) in [5.74, 6) is -2.32. The van der Waals surface area contributed by atoms with E-state index in [0.29, 0.717) is 36.0 Å². The SMILES string of the molecule is CCCC(NC(=O)CNC(=O)/C=C1/c2ccccc2C(=O)NC1CCC)C(=O)NCC(=O)OC. The van der Waals surface area contributed by atoms with Gasteiger partial charge in [-0.15, -0.1) is 0 Å². The van der Waals surface area contributed by atoms with Gasteiger partial charge in [0.15, 0.2) is 0 Å². The summed E-state index contributed by atoms with van der Waals surface area (Å²) < 4.78 is 4.48. The normalized spacial score (nSPS) is 16.6. The molecule has 4 N–H and O–H groups in total. The number of esters is 1. The Morgan fingerprint density at radius 1 is 1.06 bits per heavy atom. The summed E-state index contributed by atoms with van der Waals surface area (Å²) in [7, 11) is 1.21. The molecule has 10 heteroatoms. The standard InChI is InChI=1S/C24H32N4O6/c1-4-8-18-17(15-10-6-7-11-16(15)23(32)28-18)12-20(29)25-13-21(30)27-19(9-5-2)24(33)26-14-22(31)34-3/h6-7,10-12,18-19H,4-5,8-9,13-14H2,1-3H3,(H,25,29)(H,26,33)(H,27,30)(H,28,32)/b17-12-. The number of methoxy groups -OCH3 is 1. The van der Waals surface area contributed by atoms with Crippen molar-refractivity contribution < 1.29 is 28.7 Å². The zero-order valence-electron chi connectivity index (χ0n) is 19.7. The highest BCUT2D eigenvalue weighted by Gasteiger charge is 2.28. The van der Waals surface area contributed by atoms with Gasteiger partial charge in [-0.05, 0) is 30.0 Å². The fraction of sp³-hybridized carbons (Fsp3) is 0.458. The van der Waals surface area contributed by atoms with Crippen LogP contribution in [0.15, 0.2) is 30.3 Å². The van der Waals surface area contributed by atoms with E-state index >= 15 is 0 Å². The molecule has 0 saturated heterocycles. The van der Waals surface area contributed by atoms with Crippen molar-refractivity contribution >= 4 is 35.2 Å². The van der Waals surface area contributed by atoms with E-state index in [1.54, 1.807) is 24.3 Å². The van der Waals surface area contributed by atoms with Gasteiger partial charge in [0.2, 0.25) is 17.7 Å². The van der Waals surface area contributed by atoms with Crippen LogP contribution in [0.1, 0.15) is 55.5 Å². The zero-order chi connectivity index (χ0) is 25.1. The Morgan fingerprint density at radius 3 is 2.41 bits per heavy atom. The van der Waals surface area contributed by atoms with E-state index in [2.05, 4.69) is 26.0 Å². The first-order valence-electron chi connectivity index (χ1n) is 11.3. The highest BCUT2D eigenvalue weighted by molar-refractivity contribution is 6.07. The molecule has 0 bridgehead atoms. The molecule has 1 aliphatic rings. The molecule has 0 aromatic heterocycles. The molecule has 0 saturated carbocycles. The van der Waals surface area contributed by atoms with Crippen molar-refractivity contribution in [1.29, 1.82) is 0 Å². The smallest absolute Gasteiger partial charge is 0.325 e. The molecule has 1 aromatic carbocycles. The van der Waals surface area contributed by atoms with Crippen molar-refractivity contribution in [2.45, 2.75) is 51.6 Å². The largest absolute Gasteiger partial charge is 0.468 e. The number of rotatable bonds is 11. The van der Waals surface area contributed by atoms with Crippen LogP contribution in [0.2, 0.25) is 0 Å². The lowest BCUT2D eigenvalue weighted by molar-refractivity contribution is -0.141. The van der Waals surface area contributed by atoms with E-state index in [1.165, 1.54) is 13.2 Å². The number of amides is 4. The van der Waals surface area contributed by atoms with E-state index in [-0.39, 0.29) is 25.0 Å². The highest BCUT2D eigenvalue weighted by atomic mass is 16.5. The molecule has 1 aromatic rings. The number of hydrogen-bond donors (Lipinski definition) is 4. The van der Waals surface area contributed by atoms with Crippen LogP contribution in [0.5, 0.6) is 0 Å². The number of carbonyl (C=O) groups excluding carboxylic acids is 5. The average Bonchev–Trinajstić information content (AvgIpc) is 2.83. The molecular formula is C24H32N4O6. The molecule has 2 unspecified atom stereocenters. The second-order valence-electron chi connectivity index (χ2n) is 7.88. The molecule has 2 rings (SSSR count). The Labute approximate surface area is 198 Å². The van der Waals surface area contributed by atoms with Gasteiger partial charge < -0.3 is 26.0 Å². The monoisotopic (exact) mass is 472 g/mol. The summed E-state index contributed by atoms with van der Waals surface area (Å²) in [6.45, 7) is 3.21. The third-order valence-corrected chi connectivity index (χ3v) is 5.31. The van der Waals surface area contributed by atoms with E-state index in [4.69, 9.17) is 0 Å². The van der Waals surface area contributed by atoms with Gasteiger partial charge in [0.05, 0.1) is 19.7 Å². The maximum atomic E-state index is 12.6.